The molecule has 9 heteroatoms. The molecule has 0 heterocycles. The van der Waals surface area contributed by atoms with Crippen molar-refractivity contribution in [3.05, 3.63) is 0 Å². The molecule has 0 saturated heterocycles. The Morgan fingerprint density at radius 2 is 1.73 bits per heavy atom. The molecule has 3 N–H and O–H groups in total. The summed E-state index contributed by atoms with van der Waals surface area (Å²) in [6, 6.07) is -0.874. The van der Waals surface area contributed by atoms with Gasteiger partial charge in [-0.05, 0) is 0 Å². The molecule has 0 radical (unpaired) electrons. The minimum Gasteiger partial charge on any atom is -0.565 e. The van der Waals surface area contributed by atoms with E-state index in [1.807, 2.05) is 0 Å². The van der Waals surface area contributed by atoms with Gasteiger partial charge in [-0.1, -0.05) is 0 Å². The average molecular weight is 247 g/mol. The summed E-state index contributed by atoms with van der Waals surface area (Å²) in [5.74, 6) is -1.32. The standard InChI is InChI=1S/C5H9NO3S.CH2O3.Na/c1-3(7)6-4(2-10)5(8)9;2-1(3)4;/h4,10H,2H2,1H3,(H,6,7)(H,8,9);(H2,2,3,4);/q;;+1/p-1. The SMILES string of the molecule is CC(=O)NC(CS)C(=O)O.O=C([O-])O.[Na+]. The normalized spacial score (nSPS) is 9.73. The van der Waals surface area contributed by atoms with Crippen molar-refractivity contribution in [3.8, 4) is 0 Å². The fraction of sp³-hybridized carbons (Fsp3) is 0.500. The van der Waals surface area contributed by atoms with Gasteiger partial charge in [-0.25, -0.2) is 4.79 Å². The average Bonchev–Trinajstić information content (AvgIpc) is 1.98. The number of nitrogens with one attached hydrogen (secondary N) is 1. The van der Waals surface area contributed by atoms with Gasteiger partial charge >= 0.3 is 35.5 Å². The molecule has 0 aromatic carbocycles. The maximum Gasteiger partial charge on any atom is 1.00 e. The minimum absolute atomic E-state index is 0. The molecule has 0 aromatic rings. The molecule has 82 valence electrons. The van der Waals surface area contributed by atoms with Crippen LogP contribution in [0.1, 0.15) is 6.92 Å². The Bertz CT molecular complexity index is 220. The Labute approximate surface area is 114 Å². The van der Waals surface area contributed by atoms with E-state index >= 15 is 0 Å². The van der Waals surface area contributed by atoms with Crippen LogP contribution in [0.5, 0.6) is 0 Å². The number of hydrogen-bond donors (Lipinski definition) is 4. The zero-order valence-corrected chi connectivity index (χ0v) is 11.2. The second-order valence-electron chi connectivity index (χ2n) is 2.04. The first-order chi connectivity index (χ1) is 6.31. The van der Waals surface area contributed by atoms with Gasteiger partial charge in [0.2, 0.25) is 12.1 Å². The van der Waals surface area contributed by atoms with Crippen LogP contribution in [-0.4, -0.2) is 40.0 Å². The maximum atomic E-state index is 10.3. The number of rotatable bonds is 3. The summed E-state index contributed by atoms with van der Waals surface area (Å²) in [5, 5.41) is 25.9. The van der Waals surface area contributed by atoms with Gasteiger partial charge in [0.25, 0.3) is 0 Å². The molecule has 1 atom stereocenters. The number of carboxylic acids is 1. The molecule has 0 rings (SSSR count). The molecule has 0 saturated carbocycles. The molecule has 1 unspecified atom stereocenters. The molecule has 0 fully saturated rings. The Morgan fingerprint density at radius 1 is 1.40 bits per heavy atom. The minimum atomic E-state index is -2.08. The summed E-state index contributed by atoms with van der Waals surface area (Å²) in [5.41, 5.74) is 0. The van der Waals surface area contributed by atoms with Gasteiger partial charge in [0.1, 0.15) is 6.04 Å². The fourth-order valence-corrected chi connectivity index (χ4v) is 0.678. The van der Waals surface area contributed by atoms with E-state index in [-0.39, 0.29) is 41.2 Å². The summed E-state index contributed by atoms with van der Waals surface area (Å²) in [7, 11) is 0. The number of carbonyl (C=O) groups excluding carboxylic acids is 1. The van der Waals surface area contributed by atoms with Crippen molar-refractivity contribution in [3.63, 3.8) is 0 Å². The third-order valence-corrected chi connectivity index (χ3v) is 1.22. The summed E-state index contributed by atoms with van der Waals surface area (Å²) >= 11 is 3.73. The number of carboxylic acid groups (broad SMARTS) is 3. The number of carbonyl (C=O) groups is 3. The molecular formula is C6H10NNaO6S. The van der Waals surface area contributed by atoms with Crippen molar-refractivity contribution >= 4 is 30.7 Å². The van der Waals surface area contributed by atoms with Gasteiger partial charge < -0.3 is 25.4 Å². The zero-order chi connectivity index (χ0) is 11.7. The molecule has 0 aliphatic rings. The fourth-order valence-electron chi connectivity index (χ4n) is 0.431. The van der Waals surface area contributed by atoms with Crippen LogP contribution in [0, 0.1) is 0 Å². The quantitative estimate of drug-likeness (QED) is 0.293. The first kappa shape index (κ1) is 20.0. The van der Waals surface area contributed by atoms with Crippen LogP contribution in [0.4, 0.5) is 4.79 Å². The van der Waals surface area contributed by atoms with Crippen LogP contribution >= 0.6 is 12.6 Å². The van der Waals surface area contributed by atoms with E-state index in [2.05, 4.69) is 17.9 Å². The monoisotopic (exact) mass is 247 g/mol. The van der Waals surface area contributed by atoms with E-state index in [0.29, 0.717) is 0 Å². The largest absolute Gasteiger partial charge is 1.00 e. The number of amides is 1. The van der Waals surface area contributed by atoms with Crippen LogP contribution in [0.25, 0.3) is 0 Å². The maximum absolute atomic E-state index is 10.3. The molecule has 7 nitrogen and oxygen atoms in total. The number of hydrogen-bond acceptors (Lipinski definition) is 5. The first-order valence-corrected chi connectivity index (χ1v) is 3.95. The van der Waals surface area contributed by atoms with Crippen LogP contribution in [-0.2, 0) is 9.59 Å². The first-order valence-electron chi connectivity index (χ1n) is 3.32. The van der Waals surface area contributed by atoms with Gasteiger partial charge in [0, 0.05) is 12.7 Å². The topological polar surface area (TPSA) is 127 Å². The number of aliphatic carboxylic acids is 1. The van der Waals surface area contributed by atoms with Crippen molar-refractivity contribution in [1.29, 1.82) is 0 Å². The van der Waals surface area contributed by atoms with Crippen molar-refractivity contribution in [1.82, 2.24) is 5.32 Å². The van der Waals surface area contributed by atoms with E-state index in [9.17, 15) is 9.59 Å². The predicted octanol–water partition coefficient (Wildman–Crippen LogP) is -4.60. The van der Waals surface area contributed by atoms with Crippen molar-refractivity contribution in [2.24, 2.45) is 0 Å². The van der Waals surface area contributed by atoms with Crippen LogP contribution in [0.3, 0.4) is 0 Å². The second-order valence-corrected chi connectivity index (χ2v) is 2.40. The second kappa shape index (κ2) is 11.6. The van der Waals surface area contributed by atoms with Crippen LogP contribution in [0.2, 0.25) is 0 Å². The molecule has 0 aromatic heterocycles. The molecule has 1 amide bonds. The van der Waals surface area contributed by atoms with E-state index in [4.69, 9.17) is 20.1 Å². The molecule has 0 spiro atoms. The van der Waals surface area contributed by atoms with Gasteiger partial charge in [0.05, 0.1) is 0 Å². The summed E-state index contributed by atoms with van der Waals surface area (Å²) < 4.78 is 0. The van der Waals surface area contributed by atoms with Crippen molar-refractivity contribution in [2.45, 2.75) is 13.0 Å². The zero-order valence-electron chi connectivity index (χ0n) is 8.26. The molecule has 0 bridgehead atoms. The Morgan fingerprint density at radius 3 is 1.80 bits per heavy atom. The van der Waals surface area contributed by atoms with Gasteiger partial charge in [-0.15, -0.1) is 0 Å². The summed E-state index contributed by atoms with van der Waals surface area (Å²) in [6.07, 6.45) is -2.08. The van der Waals surface area contributed by atoms with Gasteiger partial charge in [-0.2, -0.15) is 12.6 Å². The Balaban J connectivity index is -0.000000249. The molecule has 0 aliphatic carbocycles. The van der Waals surface area contributed by atoms with Crippen LogP contribution < -0.4 is 40.0 Å². The Kier molecular flexibility index (Phi) is 15.5. The molecular weight excluding hydrogens is 237 g/mol. The van der Waals surface area contributed by atoms with Crippen LogP contribution in [0.15, 0.2) is 0 Å². The van der Waals surface area contributed by atoms with E-state index in [1.54, 1.807) is 0 Å². The molecule has 15 heavy (non-hydrogen) atoms. The number of thiol groups is 1. The summed E-state index contributed by atoms with van der Waals surface area (Å²) in [6.45, 7) is 1.26. The summed E-state index contributed by atoms with van der Waals surface area (Å²) in [4.78, 5) is 29.0. The van der Waals surface area contributed by atoms with Crippen molar-refractivity contribution in [2.75, 3.05) is 5.75 Å². The van der Waals surface area contributed by atoms with E-state index in [1.165, 1.54) is 6.92 Å². The van der Waals surface area contributed by atoms with E-state index < -0.39 is 18.2 Å². The Hall–Kier alpha value is -0.440. The van der Waals surface area contributed by atoms with Crippen molar-refractivity contribution < 1.29 is 59.3 Å². The van der Waals surface area contributed by atoms with E-state index in [0.717, 1.165) is 0 Å². The third kappa shape index (κ3) is 19.8. The van der Waals surface area contributed by atoms with Gasteiger partial charge in [0.15, 0.2) is 0 Å². The third-order valence-electron chi connectivity index (χ3n) is 0.858. The smallest absolute Gasteiger partial charge is 0.565 e. The predicted molar refractivity (Wildman–Crippen MR) is 47.1 cm³/mol. The molecule has 0 aliphatic heterocycles. The van der Waals surface area contributed by atoms with Gasteiger partial charge in [-0.3, -0.25) is 4.79 Å².